The molecule has 0 amide bonds. The van der Waals surface area contributed by atoms with Crippen molar-refractivity contribution in [1.82, 2.24) is 18.9 Å². The number of fused-ring (bicyclic) bond motifs is 5. The summed E-state index contributed by atoms with van der Waals surface area (Å²) in [5.74, 6) is 0.905. The van der Waals surface area contributed by atoms with E-state index in [0.29, 0.717) is 38.9 Å². The molecular weight excluding hydrogens is 435 g/mol. The summed E-state index contributed by atoms with van der Waals surface area (Å²) in [5, 5.41) is 1.66. The largest absolute Gasteiger partial charge is 0.424 e. The van der Waals surface area contributed by atoms with Gasteiger partial charge in [0.1, 0.15) is 11.2 Å². The molecule has 0 fully saturated rings. The van der Waals surface area contributed by atoms with Crippen LogP contribution in [0.5, 0.6) is 5.75 Å². The highest BCUT2D eigenvalue weighted by Crippen LogP contribution is 2.36. The molecule has 156 valence electrons. The number of hydrogen-bond acceptors (Lipinski definition) is 4. The average molecular weight is 453 g/mol. The highest BCUT2D eigenvalue weighted by atomic mass is 35.5. The SMILES string of the molecule is CCC(=O)Oc1cn(-c2cc(Cl)cc(Cl)c2)c2nc(CC)n3c4ccccc4nc3c12. The summed E-state index contributed by atoms with van der Waals surface area (Å²) < 4.78 is 9.56. The number of carbonyl (C=O) groups excluding carboxylic acids is 1. The number of carbonyl (C=O) groups is 1. The molecule has 0 spiro atoms. The Hall–Kier alpha value is -3.09. The smallest absolute Gasteiger partial charge is 0.310 e. The van der Waals surface area contributed by atoms with Crippen molar-refractivity contribution in [2.45, 2.75) is 26.7 Å². The van der Waals surface area contributed by atoms with Gasteiger partial charge in [-0.3, -0.25) is 13.8 Å². The first-order valence-corrected chi connectivity index (χ1v) is 10.7. The summed E-state index contributed by atoms with van der Waals surface area (Å²) in [4.78, 5) is 22.0. The molecule has 2 aromatic carbocycles. The highest BCUT2D eigenvalue weighted by molar-refractivity contribution is 6.34. The van der Waals surface area contributed by atoms with Crippen molar-refractivity contribution in [3.63, 3.8) is 0 Å². The van der Waals surface area contributed by atoms with Gasteiger partial charge in [0.2, 0.25) is 0 Å². The standard InChI is InChI=1S/C23H18Cl2N4O2/c1-3-19-27-22-21(23-26-16-7-5-6-8-17(16)29(19)23)18(31-20(30)4-2)12-28(22)15-10-13(24)9-14(25)11-15/h5-12H,3-4H2,1-2H3. The highest BCUT2D eigenvalue weighted by Gasteiger charge is 2.22. The van der Waals surface area contributed by atoms with E-state index in [0.717, 1.165) is 22.5 Å². The molecule has 0 saturated carbocycles. The Morgan fingerprint density at radius 2 is 1.77 bits per heavy atom. The van der Waals surface area contributed by atoms with Gasteiger partial charge in [-0.25, -0.2) is 9.97 Å². The third-order valence-corrected chi connectivity index (χ3v) is 5.61. The number of halogens is 2. The van der Waals surface area contributed by atoms with E-state index in [1.54, 1.807) is 31.3 Å². The first-order chi connectivity index (χ1) is 15.0. The van der Waals surface area contributed by atoms with Crippen LogP contribution in [0.25, 0.3) is 33.4 Å². The molecule has 5 rings (SSSR count). The molecule has 3 heterocycles. The summed E-state index contributed by atoms with van der Waals surface area (Å²) in [6, 6.07) is 13.1. The summed E-state index contributed by atoms with van der Waals surface area (Å²) >= 11 is 12.5. The minimum Gasteiger partial charge on any atom is -0.424 e. The predicted octanol–water partition coefficient (Wildman–Crippen LogP) is 6.01. The molecule has 3 aromatic heterocycles. The Kier molecular flexibility index (Phi) is 4.84. The van der Waals surface area contributed by atoms with Crippen molar-refractivity contribution in [3.8, 4) is 11.4 Å². The summed E-state index contributed by atoms with van der Waals surface area (Å²) in [7, 11) is 0. The van der Waals surface area contributed by atoms with Crippen LogP contribution in [0.15, 0.2) is 48.7 Å². The fourth-order valence-corrected chi connectivity index (χ4v) is 4.32. The molecule has 0 atom stereocenters. The summed E-state index contributed by atoms with van der Waals surface area (Å²) in [6.45, 7) is 3.80. The van der Waals surface area contributed by atoms with E-state index in [-0.39, 0.29) is 12.4 Å². The molecule has 0 aliphatic heterocycles. The minimum atomic E-state index is -0.336. The second-order valence-electron chi connectivity index (χ2n) is 7.16. The maximum absolute atomic E-state index is 12.2. The fraction of sp³-hybridized carbons (Fsp3) is 0.174. The van der Waals surface area contributed by atoms with Crippen molar-refractivity contribution in [2.24, 2.45) is 0 Å². The van der Waals surface area contributed by atoms with Crippen LogP contribution < -0.4 is 4.74 Å². The Labute approximate surface area is 188 Å². The molecule has 0 saturated heterocycles. The molecule has 0 aliphatic rings. The maximum atomic E-state index is 12.2. The van der Waals surface area contributed by atoms with E-state index in [9.17, 15) is 4.79 Å². The van der Waals surface area contributed by atoms with Gasteiger partial charge in [0.15, 0.2) is 17.0 Å². The second kappa shape index (κ2) is 7.55. The topological polar surface area (TPSA) is 61.4 Å². The lowest BCUT2D eigenvalue weighted by atomic mass is 10.3. The minimum absolute atomic E-state index is 0.253. The van der Waals surface area contributed by atoms with Gasteiger partial charge < -0.3 is 4.74 Å². The number of para-hydroxylation sites is 2. The van der Waals surface area contributed by atoms with Crippen molar-refractivity contribution in [2.75, 3.05) is 0 Å². The van der Waals surface area contributed by atoms with Crippen molar-refractivity contribution < 1.29 is 9.53 Å². The number of aromatic nitrogens is 4. The zero-order valence-electron chi connectivity index (χ0n) is 16.9. The number of ether oxygens (including phenoxy) is 1. The number of benzene rings is 2. The van der Waals surface area contributed by atoms with Gasteiger partial charge in [-0.1, -0.05) is 49.2 Å². The Balaban J connectivity index is 1.93. The van der Waals surface area contributed by atoms with Crippen LogP contribution in [0.3, 0.4) is 0 Å². The quantitative estimate of drug-likeness (QED) is 0.313. The number of nitrogens with zero attached hydrogens (tertiary/aromatic N) is 4. The van der Waals surface area contributed by atoms with Gasteiger partial charge in [-0.05, 0) is 30.3 Å². The van der Waals surface area contributed by atoms with Gasteiger partial charge in [-0.15, -0.1) is 0 Å². The van der Waals surface area contributed by atoms with E-state index in [1.807, 2.05) is 40.2 Å². The van der Waals surface area contributed by atoms with E-state index >= 15 is 0 Å². The zero-order chi connectivity index (χ0) is 21.7. The third kappa shape index (κ3) is 3.23. The number of imidazole rings is 1. The Morgan fingerprint density at radius 3 is 2.48 bits per heavy atom. The van der Waals surface area contributed by atoms with Crippen molar-refractivity contribution >= 4 is 56.9 Å². The first-order valence-electron chi connectivity index (χ1n) is 9.98. The van der Waals surface area contributed by atoms with Gasteiger partial charge in [0.05, 0.1) is 22.9 Å². The molecule has 0 bridgehead atoms. The van der Waals surface area contributed by atoms with Gasteiger partial charge in [-0.2, -0.15) is 0 Å². The first kappa shape index (κ1) is 19.8. The lowest BCUT2D eigenvalue weighted by molar-refractivity contribution is -0.133. The molecule has 0 aliphatic carbocycles. The Bertz CT molecular complexity index is 1470. The van der Waals surface area contributed by atoms with Gasteiger partial charge >= 0.3 is 5.97 Å². The van der Waals surface area contributed by atoms with Crippen LogP contribution in [-0.4, -0.2) is 24.9 Å². The van der Waals surface area contributed by atoms with Crippen LogP contribution in [0.2, 0.25) is 10.0 Å². The molecule has 5 aromatic rings. The van der Waals surface area contributed by atoms with Gasteiger partial charge in [0, 0.05) is 22.9 Å². The van der Waals surface area contributed by atoms with Crippen molar-refractivity contribution in [1.29, 1.82) is 0 Å². The van der Waals surface area contributed by atoms with Crippen LogP contribution in [-0.2, 0) is 11.2 Å². The lowest BCUT2D eigenvalue weighted by Crippen LogP contribution is -2.06. The monoisotopic (exact) mass is 452 g/mol. The summed E-state index contributed by atoms with van der Waals surface area (Å²) in [5.41, 5.74) is 3.83. The van der Waals surface area contributed by atoms with E-state index in [4.69, 9.17) is 37.9 Å². The molecular formula is C23H18Cl2N4O2. The van der Waals surface area contributed by atoms with Gasteiger partial charge in [0.25, 0.3) is 0 Å². The second-order valence-corrected chi connectivity index (χ2v) is 8.03. The summed E-state index contributed by atoms with van der Waals surface area (Å²) in [6.07, 6.45) is 2.69. The van der Waals surface area contributed by atoms with E-state index in [1.165, 1.54) is 0 Å². The van der Waals surface area contributed by atoms with Crippen LogP contribution >= 0.6 is 23.2 Å². The molecule has 0 radical (unpaired) electrons. The number of hydrogen-bond donors (Lipinski definition) is 0. The number of esters is 1. The predicted molar refractivity (Wildman–Crippen MR) is 123 cm³/mol. The molecule has 8 heteroatoms. The molecule has 0 unspecified atom stereocenters. The molecule has 31 heavy (non-hydrogen) atoms. The Morgan fingerprint density at radius 1 is 1.03 bits per heavy atom. The normalized spacial score (nSPS) is 11.6. The van der Waals surface area contributed by atoms with Crippen molar-refractivity contribution in [3.05, 3.63) is 64.5 Å². The van der Waals surface area contributed by atoms with E-state index < -0.39 is 0 Å². The third-order valence-electron chi connectivity index (χ3n) is 5.18. The van der Waals surface area contributed by atoms with Crippen LogP contribution in [0.4, 0.5) is 0 Å². The average Bonchev–Trinajstić information content (AvgIpc) is 3.31. The maximum Gasteiger partial charge on any atom is 0.310 e. The van der Waals surface area contributed by atoms with Crippen LogP contribution in [0, 0.1) is 0 Å². The number of aryl methyl sites for hydroxylation is 1. The fourth-order valence-electron chi connectivity index (χ4n) is 3.81. The zero-order valence-corrected chi connectivity index (χ0v) is 18.4. The molecule has 0 N–H and O–H groups in total. The van der Waals surface area contributed by atoms with Crippen LogP contribution in [0.1, 0.15) is 26.1 Å². The molecule has 6 nitrogen and oxygen atoms in total. The lowest BCUT2D eigenvalue weighted by Gasteiger charge is -2.09. The number of rotatable bonds is 4. The van der Waals surface area contributed by atoms with E-state index in [2.05, 4.69) is 0 Å².